The third-order valence-corrected chi connectivity index (χ3v) is 2.33. The molecule has 1 N–H and O–H groups in total. The van der Waals surface area contributed by atoms with Crippen LogP contribution in [0, 0.1) is 0 Å². The normalized spacial score (nSPS) is 11.0. The number of methoxy groups -OCH3 is 1. The first-order valence-electron chi connectivity index (χ1n) is 5.53. The van der Waals surface area contributed by atoms with Gasteiger partial charge < -0.3 is 10.1 Å². The molecule has 1 rings (SSSR count). The molecule has 16 heavy (non-hydrogen) atoms. The molecule has 4 nitrogen and oxygen atoms in total. The van der Waals surface area contributed by atoms with Crippen molar-refractivity contribution in [1.82, 2.24) is 15.2 Å². The van der Waals surface area contributed by atoms with Gasteiger partial charge in [0, 0.05) is 26.7 Å². The van der Waals surface area contributed by atoms with Crippen molar-refractivity contribution in [2.45, 2.75) is 13.1 Å². The minimum absolute atomic E-state index is 0.757. The maximum atomic E-state index is 5.04. The number of rotatable bonds is 7. The van der Waals surface area contributed by atoms with E-state index in [1.807, 2.05) is 13.1 Å². The van der Waals surface area contributed by atoms with Crippen LogP contribution in [0.1, 0.15) is 11.4 Å². The van der Waals surface area contributed by atoms with Gasteiger partial charge in [-0.2, -0.15) is 0 Å². The van der Waals surface area contributed by atoms with E-state index in [1.54, 1.807) is 7.11 Å². The Hall–Kier alpha value is -0.970. The van der Waals surface area contributed by atoms with E-state index in [1.165, 1.54) is 0 Å². The Labute approximate surface area is 97.6 Å². The van der Waals surface area contributed by atoms with Crippen molar-refractivity contribution in [3.8, 4) is 0 Å². The molecule has 0 amide bonds. The third-order valence-electron chi connectivity index (χ3n) is 2.33. The molecule has 0 saturated heterocycles. The summed E-state index contributed by atoms with van der Waals surface area (Å²) in [6.07, 6.45) is 0. The van der Waals surface area contributed by atoms with E-state index in [9.17, 15) is 0 Å². The number of aromatic nitrogens is 1. The molecule has 0 bridgehead atoms. The highest BCUT2D eigenvalue weighted by atomic mass is 16.5. The van der Waals surface area contributed by atoms with Gasteiger partial charge in [-0.3, -0.25) is 9.88 Å². The van der Waals surface area contributed by atoms with Crippen molar-refractivity contribution in [2.24, 2.45) is 0 Å². The van der Waals surface area contributed by atoms with Gasteiger partial charge in [0.25, 0.3) is 0 Å². The number of nitrogens with one attached hydrogen (secondary N) is 1. The Morgan fingerprint density at radius 3 is 2.81 bits per heavy atom. The summed E-state index contributed by atoms with van der Waals surface area (Å²) in [6, 6.07) is 6.15. The predicted molar refractivity (Wildman–Crippen MR) is 65.2 cm³/mol. The molecular formula is C12H21N3O. The first-order chi connectivity index (χ1) is 7.76. The van der Waals surface area contributed by atoms with Crippen molar-refractivity contribution in [3.05, 3.63) is 29.6 Å². The Morgan fingerprint density at radius 1 is 1.38 bits per heavy atom. The van der Waals surface area contributed by atoms with Crippen molar-refractivity contribution in [3.63, 3.8) is 0 Å². The van der Waals surface area contributed by atoms with Crippen LogP contribution in [0.3, 0.4) is 0 Å². The van der Waals surface area contributed by atoms with Gasteiger partial charge >= 0.3 is 0 Å². The second kappa shape index (κ2) is 7.33. The highest BCUT2D eigenvalue weighted by Gasteiger charge is 2.02. The minimum atomic E-state index is 0.757. The molecule has 0 aliphatic rings. The van der Waals surface area contributed by atoms with Gasteiger partial charge in [0.2, 0.25) is 0 Å². The average molecular weight is 223 g/mol. The van der Waals surface area contributed by atoms with Gasteiger partial charge in [-0.05, 0) is 26.2 Å². The quantitative estimate of drug-likeness (QED) is 0.744. The molecule has 0 atom stereocenters. The molecule has 90 valence electrons. The molecule has 0 saturated carbocycles. The molecule has 0 radical (unpaired) electrons. The molecule has 1 aromatic rings. The fourth-order valence-electron chi connectivity index (χ4n) is 1.50. The van der Waals surface area contributed by atoms with E-state index < -0.39 is 0 Å². The SMILES string of the molecule is CNCc1cccc(CN(C)CCOC)n1. The molecular weight excluding hydrogens is 202 g/mol. The lowest BCUT2D eigenvalue weighted by Crippen LogP contribution is -2.23. The summed E-state index contributed by atoms with van der Waals surface area (Å²) >= 11 is 0. The maximum Gasteiger partial charge on any atom is 0.0589 e. The summed E-state index contributed by atoms with van der Waals surface area (Å²) in [6.45, 7) is 3.36. The summed E-state index contributed by atoms with van der Waals surface area (Å²) in [5, 5.41) is 3.10. The lowest BCUT2D eigenvalue weighted by Gasteiger charge is -2.15. The van der Waals surface area contributed by atoms with Crippen LogP contribution in [0.15, 0.2) is 18.2 Å². The number of likely N-dealkylation sites (N-methyl/N-ethyl adjacent to an activating group) is 1. The molecule has 0 aliphatic carbocycles. The van der Waals surface area contributed by atoms with E-state index in [-0.39, 0.29) is 0 Å². The Kier molecular flexibility index (Phi) is 6.00. The fourth-order valence-corrected chi connectivity index (χ4v) is 1.50. The average Bonchev–Trinajstić information content (AvgIpc) is 2.27. The van der Waals surface area contributed by atoms with E-state index in [0.29, 0.717) is 0 Å². The predicted octanol–water partition coefficient (Wildman–Crippen LogP) is 0.879. The molecule has 0 aromatic carbocycles. The third kappa shape index (κ3) is 4.70. The fraction of sp³-hybridized carbons (Fsp3) is 0.583. The van der Waals surface area contributed by atoms with Gasteiger partial charge in [-0.15, -0.1) is 0 Å². The summed E-state index contributed by atoms with van der Waals surface area (Å²) in [5.41, 5.74) is 2.19. The molecule has 1 aromatic heterocycles. The van der Waals surface area contributed by atoms with Crippen molar-refractivity contribution >= 4 is 0 Å². The molecule has 1 heterocycles. The standard InChI is InChI=1S/C12H21N3O/c1-13-9-11-5-4-6-12(14-11)10-15(2)7-8-16-3/h4-6,13H,7-10H2,1-3H3. The first-order valence-corrected chi connectivity index (χ1v) is 5.53. The smallest absolute Gasteiger partial charge is 0.0589 e. The molecule has 0 aliphatic heterocycles. The maximum absolute atomic E-state index is 5.04. The number of nitrogens with zero attached hydrogens (tertiary/aromatic N) is 2. The highest BCUT2D eigenvalue weighted by Crippen LogP contribution is 2.02. The van der Waals surface area contributed by atoms with Gasteiger partial charge in [0.1, 0.15) is 0 Å². The zero-order valence-electron chi connectivity index (χ0n) is 10.4. The monoisotopic (exact) mass is 223 g/mol. The lowest BCUT2D eigenvalue weighted by molar-refractivity contribution is 0.158. The van der Waals surface area contributed by atoms with Crippen molar-refractivity contribution < 1.29 is 4.74 Å². The first kappa shape index (κ1) is 13.1. The number of pyridine rings is 1. The Balaban J connectivity index is 2.49. The molecule has 0 fully saturated rings. The van der Waals surface area contributed by atoms with Crippen LogP contribution in [0.4, 0.5) is 0 Å². The van der Waals surface area contributed by atoms with Crippen molar-refractivity contribution in [2.75, 3.05) is 34.4 Å². The van der Waals surface area contributed by atoms with Crippen LogP contribution < -0.4 is 5.32 Å². The number of ether oxygens (including phenoxy) is 1. The molecule has 4 heteroatoms. The van der Waals surface area contributed by atoms with Crippen LogP contribution in [0.5, 0.6) is 0 Å². The number of hydrogen-bond acceptors (Lipinski definition) is 4. The summed E-state index contributed by atoms with van der Waals surface area (Å²) in [7, 11) is 5.73. The Morgan fingerprint density at radius 2 is 2.12 bits per heavy atom. The van der Waals surface area contributed by atoms with Crippen LogP contribution >= 0.6 is 0 Å². The van der Waals surface area contributed by atoms with E-state index in [2.05, 4.69) is 34.4 Å². The van der Waals surface area contributed by atoms with Crippen LogP contribution in [-0.4, -0.2) is 44.2 Å². The van der Waals surface area contributed by atoms with Gasteiger partial charge in [-0.1, -0.05) is 6.07 Å². The summed E-state index contributed by atoms with van der Waals surface area (Å²) < 4.78 is 5.04. The van der Waals surface area contributed by atoms with Gasteiger partial charge in [0.15, 0.2) is 0 Å². The van der Waals surface area contributed by atoms with Gasteiger partial charge in [0.05, 0.1) is 18.0 Å². The van der Waals surface area contributed by atoms with Crippen molar-refractivity contribution in [1.29, 1.82) is 0 Å². The summed E-state index contributed by atoms with van der Waals surface area (Å²) in [5.74, 6) is 0. The lowest BCUT2D eigenvalue weighted by atomic mass is 10.3. The minimum Gasteiger partial charge on any atom is -0.383 e. The number of hydrogen-bond donors (Lipinski definition) is 1. The van der Waals surface area contributed by atoms with Crippen LogP contribution in [0.25, 0.3) is 0 Å². The Bertz CT molecular complexity index is 304. The summed E-state index contributed by atoms with van der Waals surface area (Å²) in [4.78, 5) is 6.77. The highest BCUT2D eigenvalue weighted by molar-refractivity contribution is 5.11. The molecule has 0 unspecified atom stereocenters. The van der Waals surface area contributed by atoms with E-state index >= 15 is 0 Å². The topological polar surface area (TPSA) is 37.4 Å². The zero-order chi connectivity index (χ0) is 11.8. The van der Waals surface area contributed by atoms with Gasteiger partial charge in [-0.25, -0.2) is 0 Å². The second-order valence-corrected chi connectivity index (χ2v) is 3.88. The second-order valence-electron chi connectivity index (χ2n) is 3.88. The molecule has 0 spiro atoms. The van der Waals surface area contributed by atoms with E-state index in [4.69, 9.17) is 4.74 Å². The van der Waals surface area contributed by atoms with Crippen LogP contribution in [0.2, 0.25) is 0 Å². The largest absolute Gasteiger partial charge is 0.383 e. The zero-order valence-corrected chi connectivity index (χ0v) is 10.4. The van der Waals surface area contributed by atoms with Crippen LogP contribution in [-0.2, 0) is 17.8 Å². The van der Waals surface area contributed by atoms with E-state index in [0.717, 1.165) is 37.6 Å².